The van der Waals surface area contributed by atoms with E-state index in [9.17, 15) is 0 Å². The first kappa shape index (κ1) is 13.6. The van der Waals surface area contributed by atoms with Crippen LogP contribution >= 0.6 is 0 Å². The van der Waals surface area contributed by atoms with Crippen molar-refractivity contribution in [3.8, 4) is 5.75 Å². The lowest BCUT2D eigenvalue weighted by molar-refractivity contribution is 0.415. The molecule has 0 saturated heterocycles. The number of aromatic amines is 1. The van der Waals surface area contributed by atoms with Crippen LogP contribution in [0.4, 0.5) is 0 Å². The molecule has 0 aliphatic heterocycles. The highest BCUT2D eigenvalue weighted by Gasteiger charge is 2.21. The molecule has 1 atom stereocenters. The topological polar surface area (TPSA) is 60.7 Å². The van der Waals surface area contributed by atoms with E-state index in [1.165, 1.54) is 0 Å². The predicted octanol–water partition coefficient (Wildman–Crippen LogP) is 2.74. The molecule has 0 aliphatic rings. The van der Waals surface area contributed by atoms with Crippen molar-refractivity contribution in [1.29, 1.82) is 0 Å². The zero-order chi connectivity index (χ0) is 15.8. The van der Waals surface area contributed by atoms with Crippen molar-refractivity contribution >= 4 is 10.9 Å². The second-order valence-corrected chi connectivity index (χ2v) is 5.52. The Bertz CT molecular complexity index is 935. The Kier molecular flexibility index (Phi) is 3.15. The summed E-state index contributed by atoms with van der Waals surface area (Å²) in [5.41, 5.74) is 3.34. The number of hydrogen-bond acceptors (Lipinski definition) is 3. The van der Waals surface area contributed by atoms with Crippen LogP contribution in [-0.2, 0) is 7.05 Å². The molecule has 6 heteroatoms. The van der Waals surface area contributed by atoms with Gasteiger partial charge in [-0.2, -0.15) is 5.10 Å². The molecule has 0 bridgehead atoms. The molecule has 0 fully saturated rings. The first-order valence-corrected chi connectivity index (χ1v) is 7.37. The van der Waals surface area contributed by atoms with Crippen LogP contribution in [0.1, 0.15) is 17.2 Å². The first-order valence-electron chi connectivity index (χ1n) is 7.37. The highest BCUT2D eigenvalue weighted by Crippen LogP contribution is 2.33. The number of aryl methyl sites for hydroxylation is 1. The zero-order valence-corrected chi connectivity index (χ0v) is 13.0. The summed E-state index contributed by atoms with van der Waals surface area (Å²) in [6.45, 7) is 0. The van der Waals surface area contributed by atoms with E-state index >= 15 is 0 Å². The number of fused-ring (bicyclic) bond motifs is 1. The molecule has 1 aromatic carbocycles. The van der Waals surface area contributed by atoms with Gasteiger partial charge in [0.2, 0.25) is 0 Å². The summed E-state index contributed by atoms with van der Waals surface area (Å²) in [4.78, 5) is 7.54. The van der Waals surface area contributed by atoms with Crippen molar-refractivity contribution in [2.75, 3.05) is 7.11 Å². The lowest BCUT2D eigenvalue weighted by atomic mass is 10.0. The number of H-pyrrole nitrogens is 1. The van der Waals surface area contributed by atoms with Crippen molar-refractivity contribution in [2.45, 2.75) is 6.04 Å². The largest absolute Gasteiger partial charge is 0.497 e. The fourth-order valence-corrected chi connectivity index (χ4v) is 2.99. The molecule has 0 radical (unpaired) electrons. The summed E-state index contributed by atoms with van der Waals surface area (Å²) < 4.78 is 9.27. The fraction of sp³-hybridized carbons (Fsp3) is 0.176. The number of imidazole rings is 1. The molecule has 1 unspecified atom stereocenters. The lowest BCUT2D eigenvalue weighted by Crippen LogP contribution is -2.09. The van der Waals surface area contributed by atoms with Gasteiger partial charge in [-0.1, -0.05) is 0 Å². The number of benzene rings is 1. The minimum atomic E-state index is 0.00653. The number of nitrogens with one attached hydrogen (secondary N) is 1. The van der Waals surface area contributed by atoms with Crippen molar-refractivity contribution in [1.82, 2.24) is 24.3 Å². The molecular formula is C17H17N5O. The van der Waals surface area contributed by atoms with Crippen LogP contribution in [0.2, 0.25) is 0 Å². The maximum absolute atomic E-state index is 5.38. The molecular weight excluding hydrogens is 290 g/mol. The standard InChI is InChI=1S/C17H17N5O/c1-21-10-12(8-20-21)17(22-6-5-18-11-22)15-9-19-16-4-3-13(23-2)7-14(15)16/h3-11,17,19H,1-2H3. The van der Waals surface area contributed by atoms with Crippen LogP contribution in [0.15, 0.2) is 55.5 Å². The highest BCUT2D eigenvalue weighted by molar-refractivity contribution is 5.85. The second kappa shape index (κ2) is 5.31. The van der Waals surface area contributed by atoms with Gasteiger partial charge in [-0.15, -0.1) is 0 Å². The van der Waals surface area contributed by atoms with Crippen molar-refractivity contribution in [3.05, 3.63) is 66.6 Å². The molecule has 0 saturated carbocycles. The van der Waals surface area contributed by atoms with E-state index in [1.807, 2.05) is 55.0 Å². The minimum Gasteiger partial charge on any atom is -0.497 e. The van der Waals surface area contributed by atoms with E-state index < -0.39 is 0 Å². The van der Waals surface area contributed by atoms with Crippen LogP contribution in [0.3, 0.4) is 0 Å². The molecule has 0 amide bonds. The van der Waals surface area contributed by atoms with Gasteiger partial charge in [0.05, 0.1) is 25.7 Å². The Morgan fingerprint density at radius 3 is 2.91 bits per heavy atom. The molecule has 0 aliphatic carbocycles. The summed E-state index contributed by atoms with van der Waals surface area (Å²) in [5, 5.41) is 5.45. The summed E-state index contributed by atoms with van der Waals surface area (Å²) >= 11 is 0. The monoisotopic (exact) mass is 307 g/mol. The Morgan fingerprint density at radius 1 is 1.30 bits per heavy atom. The van der Waals surface area contributed by atoms with Gasteiger partial charge >= 0.3 is 0 Å². The maximum atomic E-state index is 5.38. The molecule has 116 valence electrons. The number of methoxy groups -OCH3 is 1. The highest BCUT2D eigenvalue weighted by atomic mass is 16.5. The summed E-state index contributed by atoms with van der Waals surface area (Å²) in [6, 6.07) is 6.05. The van der Waals surface area contributed by atoms with Crippen LogP contribution in [-0.4, -0.2) is 31.4 Å². The number of ether oxygens (including phenoxy) is 1. The van der Waals surface area contributed by atoms with Crippen LogP contribution in [0.5, 0.6) is 5.75 Å². The normalized spacial score (nSPS) is 12.6. The SMILES string of the molecule is COc1ccc2[nH]cc(C(c3cnn(C)c3)n3ccnc3)c2c1. The third-order valence-corrected chi connectivity index (χ3v) is 4.08. The molecule has 6 nitrogen and oxygen atoms in total. The van der Waals surface area contributed by atoms with E-state index in [0.717, 1.165) is 27.8 Å². The van der Waals surface area contributed by atoms with Gasteiger partial charge in [0.15, 0.2) is 0 Å². The Balaban J connectivity index is 1.93. The Labute approximate surface area is 133 Å². The van der Waals surface area contributed by atoms with Gasteiger partial charge in [0.25, 0.3) is 0 Å². The third-order valence-electron chi connectivity index (χ3n) is 4.08. The molecule has 1 N–H and O–H groups in total. The van der Waals surface area contributed by atoms with Gasteiger partial charge in [-0.25, -0.2) is 4.98 Å². The lowest BCUT2D eigenvalue weighted by Gasteiger charge is -2.17. The summed E-state index contributed by atoms with van der Waals surface area (Å²) in [7, 11) is 3.61. The molecule has 0 spiro atoms. The van der Waals surface area contributed by atoms with Gasteiger partial charge in [-0.05, 0) is 18.2 Å². The Morgan fingerprint density at radius 2 is 2.22 bits per heavy atom. The maximum Gasteiger partial charge on any atom is 0.119 e. The van der Waals surface area contributed by atoms with Crippen molar-refractivity contribution < 1.29 is 4.74 Å². The van der Waals surface area contributed by atoms with Gasteiger partial charge in [-0.3, -0.25) is 4.68 Å². The second-order valence-electron chi connectivity index (χ2n) is 5.52. The number of aromatic nitrogens is 5. The number of nitrogens with zero attached hydrogens (tertiary/aromatic N) is 4. The van der Waals surface area contributed by atoms with Gasteiger partial charge in [0, 0.05) is 53.9 Å². The van der Waals surface area contributed by atoms with Crippen molar-refractivity contribution in [2.24, 2.45) is 7.05 Å². The molecule has 4 rings (SSSR count). The van der Waals surface area contributed by atoms with E-state index in [4.69, 9.17) is 4.74 Å². The molecule has 4 aromatic rings. The van der Waals surface area contributed by atoms with Crippen LogP contribution in [0.25, 0.3) is 10.9 Å². The van der Waals surface area contributed by atoms with Gasteiger partial charge in [0.1, 0.15) is 5.75 Å². The first-order chi connectivity index (χ1) is 11.3. The van der Waals surface area contributed by atoms with Crippen molar-refractivity contribution in [3.63, 3.8) is 0 Å². The van der Waals surface area contributed by atoms with E-state index in [1.54, 1.807) is 13.3 Å². The van der Waals surface area contributed by atoms with Crippen LogP contribution in [0, 0.1) is 0 Å². The van der Waals surface area contributed by atoms with E-state index in [0.29, 0.717) is 0 Å². The summed E-state index contributed by atoms with van der Waals surface area (Å²) in [6.07, 6.45) is 11.6. The Hall–Kier alpha value is -3.02. The smallest absolute Gasteiger partial charge is 0.119 e. The molecule has 3 aromatic heterocycles. The molecule has 3 heterocycles. The quantitative estimate of drug-likeness (QED) is 0.630. The number of hydrogen-bond donors (Lipinski definition) is 1. The summed E-state index contributed by atoms with van der Waals surface area (Å²) in [5.74, 6) is 0.842. The average molecular weight is 307 g/mol. The number of rotatable bonds is 4. The molecule has 23 heavy (non-hydrogen) atoms. The van der Waals surface area contributed by atoms with E-state index in [-0.39, 0.29) is 6.04 Å². The average Bonchev–Trinajstić information content (AvgIpc) is 3.30. The minimum absolute atomic E-state index is 0.00653. The fourth-order valence-electron chi connectivity index (χ4n) is 2.99. The predicted molar refractivity (Wildman–Crippen MR) is 87.5 cm³/mol. The third kappa shape index (κ3) is 2.28. The zero-order valence-electron chi connectivity index (χ0n) is 13.0. The van der Waals surface area contributed by atoms with E-state index in [2.05, 4.69) is 25.7 Å². The van der Waals surface area contributed by atoms with Gasteiger partial charge < -0.3 is 14.3 Å². The van der Waals surface area contributed by atoms with Crippen LogP contribution < -0.4 is 4.74 Å².